The summed E-state index contributed by atoms with van der Waals surface area (Å²) >= 11 is 0. The first-order valence-electron chi connectivity index (χ1n) is 6.75. The maximum Gasteiger partial charge on any atom is 0.333 e. The van der Waals surface area contributed by atoms with Gasteiger partial charge >= 0.3 is 5.69 Å². The van der Waals surface area contributed by atoms with Gasteiger partial charge in [0.2, 0.25) is 5.82 Å². The van der Waals surface area contributed by atoms with Crippen molar-refractivity contribution in [1.82, 2.24) is 14.7 Å². The van der Waals surface area contributed by atoms with Gasteiger partial charge in [-0.3, -0.25) is 15.0 Å². The molecule has 1 saturated heterocycles. The lowest BCUT2D eigenvalue weighted by Crippen LogP contribution is -2.28. The van der Waals surface area contributed by atoms with Gasteiger partial charge < -0.3 is 5.32 Å². The number of aromatic nitrogens is 2. The second-order valence-electron chi connectivity index (χ2n) is 5.52. The third-order valence-corrected chi connectivity index (χ3v) is 4.00. The average molecular weight is 265 g/mol. The molecule has 0 spiro atoms. The molecule has 1 aliphatic heterocycles. The minimum absolute atomic E-state index is 0.104. The number of hydrogen-bond donors (Lipinski definition) is 1. The predicted octanol–water partition coefficient (Wildman–Crippen LogP) is 1.29. The smallest absolute Gasteiger partial charge is 0.333 e. The Hall–Kier alpha value is -1.63. The number of nitrogens with zero attached hydrogens (tertiary/aromatic N) is 4. The maximum absolute atomic E-state index is 11.1. The maximum atomic E-state index is 11.1. The number of aryl methyl sites for hydroxylation is 2. The van der Waals surface area contributed by atoms with E-state index in [0.717, 1.165) is 25.6 Å². The molecule has 1 aromatic heterocycles. The molecule has 1 atom stereocenters. The summed E-state index contributed by atoms with van der Waals surface area (Å²) in [7, 11) is 1.75. The summed E-state index contributed by atoms with van der Waals surface area (Å²) < 4.78 is 1.58. The number of hydrogen-bond acceptors (Lipinski definition) is 5. The highest BCUT2D eigenvalue weighted by Crippen LogP contribution is 2.32. The highest BCUT2D eigenvalue weighted by Gasteiger charge is 2.35. The van der Waals surface area contributed by atoms with Crippen molar-refractivity contribution < 1.29 is 4.92 Å². The molecule has 1 aromatic rings. The lowest BCUT2D eigenvalue weighted by Gasteiger charge is -2.16. The fourth-order valence-electron chi connectivity index (χ4n) is 2.90. The van der Waals surface area contributed by atoms with Crippen LogP contribution in [0.15, 0.2) is 0 Å². The molecule has 0 radical (unpaired) electrons. The van der Waals surface area contributed by atoms with Crippen molar-refractivity contribution in [3.05, 3.63) is 15.8 Å². The molecular formula is C12H19N5O2. The van der Waals surface area contributed by atoms with Crippen molar-refractivity contribution in [2.24, 2.45) is 7.05 Å². The number of likely N-dealkylation sites (tertiary alicyclic amines) is 1. The summed E-state index contributed by atoms with van der Waals surface area (Å²) in [6.07, 6.45) is 3.65. The Bertz CT molecular complexity index is 508. The summed E-state index contributed by atoms with van der Waals surface area (Å²) in [4.78, 5) is 13.2. The van der Waals surface area contributed by atoms with Gasteiger partial charge in [-0.1, -0.05) is 0 Å². The van der Waals surface area contributed by atoms with Crippen molar-refractivity contribution >= 4 is 11.5 Å². The Morgan fingerprint density at radius 2 is 2.16 bits per heavy atom. The molecule has 1 saturated carbocycles. The van der Waals surface area contributed by atoms with E-state index in [0.29, 0.717) is 11.5 Å². The van der Waals surface area contributed by atoms with E-state index in [1.54, 1.807) is 18.7 Å². The van der Waals surface area contributed by atoms with Crippen molar-refractivity contribution in [2.75, 3.05) is 18.4 Å². The molecule has 104 valence electrons. The van der Waals surface area contributed by atoms with Crippen LogP contribution in [-0.4, -0.2) is 44.8 Å². The standard InChI is InChI=1S/C12H19N5O2/c1-8-11(17(18)19)12(15(2)14-8)13-9-5-6-16(7-9)10-3-4-10/h9-10,13H,3-7H2,1-2H3. The van der Waals surface area contributed by atoms with E-state index in [9.17, 15) is 10.1 Å². The molecule has 0 amide bonds. The van der Waals surface area contributed by atoms with Gasteiger partial charge in [-0.15, -0.1) is 0 Å². The second kappa shape index (κ2) is 4.48. The zero-order valence-electron chi connectivity index (χ0n) is 11.3. The van der Waals surface area contributed by atoms with Crippen LogP contribution >= 0.6 is 0 Å². The molecule has 7 heteroatoms. The van der Waals surface area contributed by atoms with E-state index in [4.69, 9.17) is 0 Å². The zero-order chi connectivity index (χ0) is 13.6. The quantitative estimate of drug-likeness (QED) is 0.655. The number of nitrogens with one attached hydrogen (secondary N) is 1. The van der Waals surface area contributed by atoms with Crippen LogP contribution in [-0.2, 0) is 7.05 Å². The first-order valence-corrected chi connectivity index (χ1v) is 6.75. The Morgan fingerprint density at radius 1 is 1.42 bits per heavy atom. The number of nitro groups is 1. The van der Waals surface area contributed by atoms with E-state index < -0.39 is 0 Å². The van der Waals surface area contributed by atoms with Gasteiger partial charge in [0.05, 0.1) is 4.92 Å². The van der Waals surface area contributed by atoms with Crippen LogP contribution in [0.4, 0.5) is 11.5 Å². The molecule has 2 fully saturated rings. The van der Waals surface area contributed by atoms with Crippen molar-refractivity contribution in [2.45, 2.75) is 38.3 Å². The Labute approximate surface area is 111 Å². The Kier molecular flexibility index (Phi) is 2.93. The Morgan fingerprint density at radius 3 is 2.79 bits per heavy atom. The fourth-order valence-corrected chi connectivity index (χ4v) is 2.90. The highest BCUT2D eigenvalue weighted by atomic mass is 16.6. The molecule has 19 heavy (non-hydrogen) atoms. The van der Waals surface area contributed by atoms with E-state index in [-0.39, 0.29) is 16.7 Å². The minimum atomic E-state index is -0.349. The summed E-state index contributed by atoms with van der Waals surface area (Å²) in [6, 6.07) is 1.05. The molecule has 7 nitrogen and oxygen atoms in total. The molecule has 0 aromatic carbocycles. The van der Waals surface area contributed by atoms with E-state index in [2.05, 4.69) is 15.3 Å². The summed E-state index contributed by atoms with van der Waals surface area (Å²) in [6.45, 7) is 3.74. The van der Waals surface area contributed by atoms with Gasteiger partial charge in [-0.25, -0.2) is 4.68 Å². The van der Waals surface area contributed by atoms with Crippen molar-refractivity contribution in [1.29, 1.82) is 0 Å². The van der Waals surface area contributed by atoms with Crippen LogP contribution in [0.2, 0.25) is 0 Å². The van der Waals surface area contributed by atoms with Crippen LogP contribution in [0.3, 0.4) is 0 Å². The molecule has 2 heterocycles. The second-order valence-corrected chi connectivity index (χ2v) is 5.52. The Balaban J connectivity index is 1.74. The lowest BCUT2D eigenvalue weighted by molar-refractivity contribution is -0.384. The first-order chi connectivity index (χ1) is 9.06. The van der Waals surface area contributed by atoms with E-state index in [1.807, 2.05) is 0 Å². The largest absolute Gasteiger partial charge is 0.360 e. The van der Waals surface area contributed by atoms with E-state index in [1.165, 1.54) is 12.8 Å². The zero-order valence-corrected chi connectivity index (χ0v) is 11.3. The summed E-state index contributed by atoms with van der Waals surface area (Å²) in [5.41, 5.74) is 0.569. The number of rotatable bonds is 4. The molecular weight excluding hydrogens is 246 g/mol. The third-order valence-electron chi connectivity index (χ3n) is 4.00. The molecule has 1 N–H and O–H groups in total. The lowest BCUT2D eigenvalue weighted by atomic mass is 10.2. The van der Waals surface area contributed by atoms with Gasteiger partial charge in [0.1, 0.15) is 5.69 Å². The van der Waals surface area contributed by atoms with Gasteiger partial charge in [0, 0.05) is 32.2 Å². The SMILES string of the molecule is Cc1nn(C)c(NC2CCN(C3CC3)C2)c1[N+](=O)[O-]. The number of anilines is 1. The van der Waals surface area contributed by atoms with Crippen molar-refractivity contribution in [3.63, 3.8) is 0 Å². The minimum Gasteiger partial charge on any atom is -0.360 e. The average Bonchev–Trinajstić information content (AvgIpc) is 3.01. The van der Waals surface area contributed by atoms with Crippen LogP contribution < -0.4 is 5.32 Å². The highest BCUT2D eigenvalue weighted by molar-refractivity contribution is 5.60. The summed E-state index contributed by atoms with van der Waals surface area (Å²) in [5.74, 6) is 0.533. The fraction of sp³-hybridized carbons (Fsp3) is 0.750. The van der Waals surface area contributed by atoms with Crippen LogP contribution in [0, 0.1) is 17.0 Å². The van der Waals surface area contributed by atoms with Gasteiger partial charge in [-0.05, 0) is 26.2 Å². The van der Waals surface area contributed by atoms with Gasteiger partial charge in [-0.2, -0.15) is 5.10 Å². The van der Waals surface area contributed by atoms with E-state index >= 15 is 0 Å². The van der Waals surface area contributed by atoms with Gasteiger partial charge in [0.15, 0.2) is 0 Å². The van der Waals surface area contributed by atoms with Crippen LogP contribution in [0.5, 0.6) is 0 Å². The molecule has 1 aliphatic carbocycles. The first kappa shape index (κ1) is 12.4. The normalized spacial score (nSPS) is 23.8. The topological polar surface area (TPSA) is 76.2 Å². The van der Waals surface area contributed by atoms with Crippen LogP contribution in [0.1, 0.15) is 25.0 Å². The molecule has 3 rings (SSSR count). The molecule has 1 unspecified atom stereocenters. The van der Waals surface area contributed by atoms with Crippen molar-refractivity contribution in [3.8, 4) is 0 Å². The monoisotopic (exact) mass is 265 g/mol. The summed E-state index contributed by atoms with van der Waals surface area (Å²) in [5, 5.41) is 18.6. The molecule has 2 aliphatic rings. The molecule has 0 bridgehead atoms. The van der Waals surface area contributed by atoms with Crippen LogP contribution in [0.25, 0.3) is 0 Å². The predicted molar refractivity (Wildman–Crippen MR) is 71.2 cm³/mol. The third kappa shape index (κ3) is 2.30. The van der Waals surface area contributed by atoms with Gasteiger partial charge in [0.25, 0.3) is 0 Å².